The molecular formula is C20H21Cl2N5O3. The van der Waals surface area contributed by atoms with E-state index in [1.807, 2.05) is 6.92 Å². The molecule has 0 unspecified atom stereocenters. The third-order valence-electron chi connectivity index (χ3n) is 5.22. The van der Waals surface area contributed by atoms with Crippen molar-refractivity contribution >= 4 is 45.7 Å². The number of anilines is 2. The molecule has 2 N–H and O–H groups in total. The minimum Gasteiger partial charge on any atom is -0.495 e. The van der Waals surface area contributed by atoms with E-state index in [0.717, 1.165) is 5.39 Å². The number of aromatic nitrogens is 3. The lowest BCUT2D eigenvalue weighted by atomic mass is 9.96. The Morgan fingerprint density at radius 2 is 1.67 bits per heavy atom. The van der Waals surface area contributed by atoms with Crippen LogP contribution in [0.4, 0.5) is 11.6 Å². The van der Waals surface area contributed by atoms with Crippen LogP contribution in [0.25, 0.3) is 22.3 Å². The molecule has 3 heterocycles. The van der Waals surface area contributed by atoms with Gasteiger partial charge < -0.3 is 24.8 Å². The lowest BCUT2D eigenvalue weighted by molar-refractivity contribution is -0.0170. The first kappa shape index (κ1) is 20.7. The summed E-state index contributed by atoms with van der Waals surface area (Å²) in [6.45, 7) is 3.38. The van der Waals surface area contributed by atoms with Crippen molar-refractivity contribution in [1.82, 2.24) is 15.0 Å². The van der Waals surface area contributed by atoms with E-state index in [4.69, 9.17) is 48.1 Å². The van der Waals surface area contributed by atoms with Crippen LogP contribution in [-0.2, 0) is 4.74 Å². The summed E-state index contributed by atoms with van der Waals surface area (Å²) < 4.78 is 16.3. The molecule has 0 bridgehead atoms. The average Bonchev–Trinajstić information content (AvgIpc) is 2.71. The molecule has 1 aliphatic heterocycles. The number of rotatable bonds is 5. The number of fused-ring (bicyclic) bond motifs is 1. The molecule has 0 aliphatic carbocycles. The smallest absolute Gasteiger partial charge is 0.165 e. The SMILES string of the molecule is COc1cc(OC)c(Cl)c(-c2nc(N3CC(C)(OC)C3)c3cc(N)ncc3n2)c1Cl. The fraction of sp³-hybridized carbons (Fsp3) is 0.350. The van der Waals surface area contributed by atoms with E-state index in [-0.39, 0.29) is 5.60 Å². The Balaban J connectivity index is 1.95. The molecule has 3 aromatic rings. The molecule has 30 heavy (non-hydrogen) atoms. The molecule has 1 saturated heterocycles. The second-order valence-corrected chi connectivity index (χ2v) is 8.05. The molecule has 0 radical (unpaired) electrons. The van der Waals surface area contributed by atoms with Crippen molar-refractivity contribution in [3.8, 4) is 22.9 Å². The van der Waals surface area contributed by atoms with Crippen LogP contribution in [0.3, 0.4) is 0 Å². The predicted octanol–water partition coefficient (Wildman–Crippen LogP) is 3.82. The van der Waals surface area contributed by atoms with Gasteiger partial charge in [0.15, 0.2) is 5.82 Å². The van der Waals surface area contributed by atoms with Gasteiger partial charge in [-0.1, -0.05) is 23.2 Å². The van der Waals surface area contributed by atoms with Gasteiger partial charge >= 0.3 is 0 Å². The molecule has 0 saturated carbocycles. The highest BCUT2D eigenvalue weighted by atomic mass is 35.5. The molecule has 1 aliphatic rings. The van der Waals surface area contributed by atoms with Crippen molar-refractivity contribution in [3.05, 3.63) is 28.4 Å². The zero-order valence-electron chi connectivity index (χ0n) is 17.0. The molecule has 10 heteroatoms. The van der Waals surface area contributed by atoms with Gasteiger partial charge in [0, 0.05) is 31.7 Å². The zero-order chi connectivity index (χ0) is 21.6. The Labute approximate surface area is 183 Å². The van der Waals surface area contributed by atoms with E-state index in [1.54, 1.807) is 25.4 Å². The molecular weight excluding hydrogens is 429 g/mol. The van der Waals surface area contributed by atoms with Gasteiger partial charge in [-0.25, -0.2) is 15.0 Å². The molecule has 4 rings (SSSR count). The summed E-state index contributed by atoms with van der Waals surface area (Å²) in [5.74, 6) is 2.23. The van der Waals surface area contributed by atoms with Crippen LogP contribution in [0.2, 0.25) is 10.0 Å². The summed E-state index contributed by atoms with van der Waals surface area (Å²) in [6, 6.07) is 3.38. The molecule has 1 aromatic carbocycles. The first-order valence-electron chi connectivity index (χ1n) is 9.14. The number of nitrogens with zero attached hydrogens (tertiary/aromatic N) is 4. The average molecular weight is 450 g/mol. The van der Waals surface area contributed by atoms with E-state index in [9.17, 15) is 0 Å². The van der Waals surface area contributed by atoms with Gasteiger partial charge in [0.05, 0.1) is 47.1 Å². The Morgan fingerprint density at radius 1 is 1.03 bits per heavy atom. The summed E-state index contributed by atoms with van der Waals surface area (Å²) in [4.78, 5) is 15.7. The van der Waals surface area contributed by atoms with Crippen molar-refractivity contribution in [3.63, 3.8) is 0 Å². The van der Waals surface area contributed by atoms with Crippen molar-refractivity contribution in [2.45, 2.75) is 12.5 Å². The highest BCUT2D eigenvalue weighted by Crippen LogP contribution is 2.46. The van der Waals surface area contributed by atoms with Crippen LogP contribution in [0.1, 0.15) is 6.92 Å². The predicted molar refractivity (Wildman–Crippen MR) is 118 cm³/mol. The Morgan fingerprint density at radius 3 is 2.23 bits per heavy atom. The highest BCUT2D eigenvalue weighted by molar-refractivity contribution is 6.41. The molecule has 2 aromatic heterocycles. The number of ether oxygens (including phenoxy) is 3. The number of nitrogens with two attached hydrogens (primary N) is 1. The second-order valence-electron chi connectivity index (χ2n) is 7.29. The first-order valence-corrected chi connectivity index (χ1v) is 9.89. The lowest BCUT2D eigenvalue weighted by Crippen LogP contribution is -2.61. The molecule has 0 spiro atoms. The highest BCUT2D eigenvalue weighted by Gasteiger charge is 2.40. The van der Waals surface area contributed by atoms with E-state index < -0.39 is 0 Å². The maximum Gasteiger partial charge on any atom is 0.165 e. The number of nitrogen functional groups attached to an aromatic ring is 1. The number of halogens is 2. The van der Waals surface area contributed by atoms with Gasteiger partial charge in [-0.2, -0.15) is 0 Å². The second kappa shape index (κ2) is 7.61. The number of benzene rings is 1. The molecule has 1 fully saturated rings. The maximum absolute atomic E-state index is 6.59. The third-order valence-corrected chi connectivity index (χ3v) is 5.97. The minimum atomic E-state index is -0.246. The van der Waals surface area contributed by atoms with Crippen molar-refractivity contribution in [2.24, 2.45) is 0 Å². The van der Waals surface area contributed by atoms with Crippen LogP contribution in [-0.4, -0.2) is 55.0 Å². The lowest BCUT2D eigenvalue weighted by Gasteiger charge is -2.47. The summed E-state index contributed by atoms with van der Waals surface area (Å²) in [5.41, 5.74) is 6.71. The topological polar surface area (TPSA) is 95.6 Å². The van der Waals surface area contributed by atoms with Crippen molar-refractivity contribution in [1.29, 1.82) is 0 Å². The first-order chi connectivity index (χ1) is 14.3. The zero-order valence-corrected chi connectivity index (χ0v) is 18.5. The third kappa shape index (κ3) is 3.34. The fourth-order valence-electron chi connectivity index (χ4n) is 3.51. The van der Waals surface area contributed by atoms with Crippen LogP contribution in [0, 0.1) is 0 Å². The normalized spacial score (nSPS) is 15.2. The monoisotopic (exact) mass is 449 g/mol. The van der Waals surface area contributed by atoms with Crippen molar-refractivity contribution in [2.75, 3.05) is 45.1 Å². The van der Waals surface area contributed by atoms with Gasteiger partial charge in [-0.15, -0.1) is 0 Å². The van der Waals surface area contributed by atoms with Crippen LogP contribution < -0.4 is 20.1 Å². The largest absolute Gasteiger partial charge is 0.495 e. The number of pyridine rings is 1. The van der Waals surface area contributed by atoms with Gasteiger partial charge in [-0.3, -0.25) is 0 Å². The fourth-order valence-corrected chi connectivity index (χ4v) is 4.18. The summed E-state index contributed by atoms with van der Waals surface area (Å²) >= 11 is 13.2. The number of hydrogen-bond acceptors (Lipinski definition) is 8. The van der Waals surface area contributed by atoms with E-state index in [0.29, 0.717) is 63.2 Å². The molecule has 8 nitrogen and oxygen atoms in total. The van der Waals surface area contributed by atoms with Gasteiger partial charge in [0.25, 0.3) is 0 Å². The number of methoxy groups -OCH3 is 3. The van der Waals surface area contributed by atoms with Crippen molar-refractivity contribution < 1.29 is 14.2 Å². The maximum atomic E-state index is 6.59. The van der Waals surface area contributed by atoms with Crippen LogP contribution in [0.5, 0.6) is 11.5 Å². The van der Waals surface area contributed by atoms with E-state index >= 15 is 0 Å². The van der Waals surface area contributed by atoms with Crippen LogP contribution >= 0.6 is 23.2 Å². The van der Waals surface area contributed by atoms with Gasteiger partial charge in [0.1, 0.15) is 23.1 Å². The molecule has 0 amide bonds. The molecule has 0 atom stereocenters. The Hall–Kier alpha value is -2.55. The summed E-state index contributed by atoms with van der Waals surface area (Å²) in [7, 11) is 4.73. The van der Waals surface area contributed by atoms with Gasteiger partial charge in [-0.05, 0) is 13.0 Å². The van der Waals surface area contributed by atoms with E-state index in [2.05, 4.69) is 14.9 Å². The quantitative estimate of drug-likeness (QED) is 0.627. The summed E-state index contributed by atoms with van der Waals surface area (Å²) in [6.07, 6.45) is 1.61. The van der Waals surface area contributed by atoms with Crippen LogP contribution in [0.15, 0.2) is 18.3 Å². The van der Waals surface area contributed by atoms with E-state index in [1.165, 1.54) is 14.2 Å². The minimum absolute atomic E-state index is 0.246. The Bertz CT molecular complexity index is 1110. The molecule has 158 valence electrons. The number of hydrogen-bond donors (Lipinski definition) is 1. The standard InChI is InChI=1S/C20H21Cl2N5O3/c1-20(30-4)8-27(9-20)19-10-5-14(23)24-7-11(10)25-18(26-19)15-16(21)12(28-2)6-13(29-3)17(15)22/h5-7H,8-9H2,1-4H3,(H2,23,24). The Kier molecular flexibility index (Phi) is 5.25. The van der Waals surface area contributed by atoms with Gasteiger partial charge in [0.2, 0.25) is 0 Å². The summed E-state index contributed by atoms with van der Waals surface area (Å²) in [5, 5.41) is 1.37.